The number of nitrogens with zero attached hydrogens (tertiary/aromatic N) is 2. The first-order valence-corrected chi connectivity index (χ1v) is 13.0. The fourth-order valence-corrected chi connectivity index (χ4v) is 6.19. The molecule has 200 valence electrons. The van der Waals surface area contributed by atoms with Gasteiger partial charge in [0.1, 0.15) is 11.4 Å². The smallest absolute Gasteiger partial charge is 0.372 e. The van der Waals surface area contributed by atoms with Crippen LogP contribution >= 0.6 is 0 Å². The maximum Gasteiger partial charge on any atom is 0.416 e. The van der Waals surface area contributed by atoms with Crippen LogP contribution in [0, 0.1) is 11.8 Å². The molecule has 1 aromatic heterocycles. The molecule has 4 aromatic rings. The third-order valence-corrected chi connectivity index (χ3v) is 8.25. The summed E-state index contributed by atoms with van der Waals surface area (Å²) in [6.45, 7) is 5.83. The van der Waals surface area contributed by atoms with Gasteiger partial charge in [-0.2, -0.15) is 13.2 Å². The standard InChI is InChI=1S/C30H27F3N4O2/c1-2-17-16-37-14-12-18(17)15-24(37)25(22-11-13-34-23-6-4-3-5-21(22)23)36-27-26(28(38)29(27)39)35-20-9-7-19(8-10-20)30(31,32)33/h2-11,13,17-18,24-25,35-36H,1,12,14-16H2/t17?,18?,24?,25-/m0/s1. The number of aromatic nitrogens is 1. The molecule has 3 saturated heterocycles. The minimum Gasteiger partial charge on any atom is -0.372 e. The maximum atomic E-state index is 13.0. The molecule has 4 unspecified atom stereocenters. The van der Waals surface area contributed by atoms with E-state index in [0.29, 0.717) is 17.5 Å². The average molecular weight is 533 g/mol. The molecule has 5 atom stereocenters. The lowest BCUT2D eigenvalue weighted by molar-refractivity contribution is -0.137. The first-order valence-electron chi connectivity index (χ1n) is 13.0. The molecule has 3 fully saturated rings. The topological polar surface area (TPSA) is 74.3 Å². The van der Waals surface area contributed by atoms with Crippen molar-refractivity contribution in [2.75, 3.05) is 23.7 Å². The van der Waals surface area contributed by atoms with E-state index >= 15 is 0 Å². The van der Waals surface area contributed by atoms with Crippen molar-refractivity contribution in [3.05, 3.63) is 105 Å². The van der Waals surface area contributed by atoms with Gasteiger partial charge in [0.15, 0.2) is 0 Å². The first-order chi connectivity index (χ1) is 18.7. The minimum atomic E-state index is -4.47. The van der Waals surface area contributed by atoms with E-state index in [2.05, 4.69) is 27.1 Å². The fraction of sp³-hybridized carbons (Fsp3) is 0.300. The number of pyridine rings is 1. The van der Waals surface area contributed by atoms with Crippen molar-refractivity contribution in [1.29, 1.82) is 0 Å². The van der Waals surface area contributed by atoms with Crippen LogP contribution < -0.4 is 21.5 Å². The quantitative estimate of drug-likeness (QED) is 0.237. The number of hydrogen-bond acceptors (Lipinski definition) is 6. The third kappa shape index (κ3) is 4.50. The molecule has 6 nitrogen and oxygen atoms in total. The second-order valence-corrected chi connectivity index (χ2v) is 10.4. The van der Waals surface area contributed by atoms with Crippen molar-refractivity contribution in [2.24, 2.45) is 11.8 Å². The SMILES string of the molecule is C=CC1CN2CCC1CC2[C@@H](Nc1c(Nc2ccc(C(F)(F)F)cc2)c(=O)c1=O)c1ccnc2ccccc12. The molecule has 0 aliphatic carbocycles. The highest BCUT2D eigenvalue weighted by Gasteiger charge is 2.43. The van der Waals surface area contributed by atoms with Crippen molar-refractivity contribution in [3.63, 3.8) is 0 Å². The van der Waals surface area contributed by atoms with Crippen LogP contribution in [-0.4, -0.2) is 29.0 Å². The molecule has 0 amide bonds. The van der Waals surface area contributed by atoms with Gasteiger partial charge in [-0.05, 0) is 73.2 Å². The summed E-state index contributed by atoms with van der Waals surface area (Å²) in [5.41, 5.74) is 0.160. The largest absolute Gasteiger partial charge is 0.416 e. The second-order valence-electron chi connectivity index (χ2n) is 10.4. The van der Waals surface area contributed by atoms with Gasteiger partial charge in [-0.1, -0.05) is 24.3 Å². The molecule has 9 heteroatoms. The Labute approximate surface area is 222 Å². The molecule has 7 rings (SSSR count). The number of nitrogens with one attached hydrogen (secondary N) is 2. The zero-order valence-electron chi connectivity index (χ0n) is 21.0. The number of fused-ring (bicyclic) bond motifs is 4. The monoisotopic (exact) mass is 532 g/mol. The highest BCUT2D eigenvalue weighted by Crippen LogP contribution is 2.43. The molecule has 0 spiro atoms. The fourth-order valence-electron chi connectivity index (χ4n) is 6.19. The van der Waals surface area contributed by atoms with Crippen LogP contribution in [0.5, 0.6) is 0 Å². The lowest BCUT2D eigenvalue weighted by Gasteiger charge is -2.52. The molecule has 3 aliphatic heterocycles. The minimum absolute atomic E-state index is 0.0584. The van der Waals surface area contributed by atoms with Crippen molar-refractivity contribution in [1.82, 2.24) is 9.88 Å². The Hall–Kier alpha value is -3.98. The molecular formula is C30H27F3N4O2. The van der Waals surface area contributed by atoms with Crippen molar-refractivity contribution >= 4 is 28.0 Å². The van der Waals surface area contributed by atoms with E-state index in [9.17, 15) is 22.8 Å². The summed E-state index contributed by atoms with van der Waals surface area (Å²) in [4.78, 5) is 32.3. The van der Waals surface area contributed by atoms with Gasteiger partial charge >= 0.3 is 6.18 Å². The maximum absolute atomic E-state index is 13.0. The second kappa shape index (κ2) is 9.64. The first kappa shape index (κ1) is 25.3. The van der Waals surface area contributed by atoms with Crippen LogP contribution in [0.2, 0.25) is 0 Å². The Morgan fingerprint density at radius 2 is 1.77 bits per heavy atom. The van der Waals surface area contributed by atoms with Gasteiger partial charge in [-0.15, -0.1) is 6.58 Å². The van der Waals surface area contributed by atoms with E-state index in [0.717, 1.165) is 54.5 Å². The van der Waals surface area contributed by atoms with Gasteiger partial charge in [0.2, 0.25) is 0 Å². The summed E-state index contributed by atoms with van der Waals surface area (Å²) >= 11 is 0. The molecule has 39 heavy (non-hydrogen) atoms. The number of benzene rings is 2. The van der Waals surface area contributed by atoms with Gasteiger partial charge in [-0.25, -0.2) is 0 Å². The summed E-state index contributed by atoms with van der Waals surface area (Å²) in [5.74, 6) is 0.889. The number of para-hydroxylation sites is 1. The Bertz CT molecular complexity index is 1600. The zero-order chi connectivity index (χ0) is 27.3. The van der Waals surface area contributed by atoms with Crippen LogP contribution in [-0.2, 0) is 6.18 Å². The Morgan fingerprint density at radius 3 is 2.46 bits per heavy atom. The Balaban J connectivity index is 1.37. The number of hydrogen-bond donors (Lipinski definition) is 2. The molecule has 2 bridgehead atoms. The third-order valence-electron chi connectivity index (χ3n) is 8.25. The van der Waals surface area contributed by atoms with E-state index in [4.69, 9.17) is 0 Å². The van der Waals surface area contributed by atoms with E-state index in [1.165, 1.54) is 12.1 Å². The summed E-state index contributed by atoms with van der Waals surface area (Å²) < 4.78 is 39.0. The van der Waals surface area contributed by atoms with Crippen LogP contribution in [0.3, 0.4) is 0 Å². The van der Waals surface area contributed by atoms with Crippen molar-refractivity contribution in [2.45, 2.75) is 31.1 Å². The molecular weight excluding hydrogens is 505 g/mol. The van der Waals surface area contributed by atoms with Gasteiger partial charge in [0, 0.05) is 29.9 Å². The van der Waals surface area contributed by atoms with Crippen LogP contribution in [0.15, 0.2) is 83.0 Å². The summed E-state index contributed by atoms with van der Waals surface area (Å²) in [5, 5.41) is 7.24. The number of anilines is 3. The summed E-state index contributed by atoms with van der Waals surface area (Å²) in [6.07, 6.45) is 1.30. The number of rotatable bonds is 7. The van der Waals surface area contributed by atoms with Gasteiger partial charge < -0.3 is 10.6 Å². The summed E-state index contributed by atoms with van der Waals surface area (Å²) in [6, 6.07) is 13.9. The zero-order valence-corrected chi connectivity index (χ0v) is 21.0. The van der Waals surface area contributed by atoms with E-state index in [-0.39, 0.29) is 23.5 Å². The molecule has 3 aliphatic rings. The van der Waals surface area contributed by atoms with Crippen molar-refractivity contribution < 1.29 is 13.2 Å². The van der Waals surface area contributed by atoms with E-state index in [1.54, 1.807) is 6.20 Å². The Morgan fingerprint density at radius 1 is 1.03 bits per heavy atom. The van der Waals surface area contributed by atoms with Crippen LogP contribution in [0.4, 0.5) is 30.2 Å². The van der Waals surface area contributed by atoms with Gasteiger partial charge in [-0.3, -0.25) is 19.5 Å². The highest BCUT2D eigenvalue weighted by molar-refractivity contribution is 5.84. The lowest BCUT2D eigenvalue weighted by Crippen LogP contribution is -2.56. The van der Waals surface area contributed by atoms with E-state index in [1.807, 2.05) is 36.4 Å². The molecule has 3 aromatic carbocycles. The van der Waals surface area contributed by atoms with Crippen LogP contribution in [0.25, 0.3) is 10.9 Å². The Kier molecular flexibility index (Phi) is 6.26. The molecule has 4 heterocycles. The molecule has 0 saturated carbocycles. The van der Waals surface area contributed by atoms with Gasteiger partial charge in [0.05, 0.1) is 17.1 Å². The number of halogens is 3. The normalized spacial score (nSPS) is 23.6. The van der Waals surface area contributed by atoms with E-state index < -0.39 is 22.6 Å². The highest BCUT2D eigenvalue weighted by atomic mass is 19.4. The van der Waals surface area contributed by atoms with Crippen molar-refractivity contribution in [3.8, 4) is 0 Å². The van der Waals surface area contributed by atoms with Crippen LogP contribution in [0.1, 0.15) is 30.0 Å². The number of piperidine rings is 3. The molecule has 2 N–H and O–H groups in total. The summed E-state index contributed by atoms with van der Waals surface area (Å²) in [7, 11) is 0. The van der Waals surface area contributed by atoms with Gasteiger partial charge in [0.25, 0.3) is 10.9 Å². The average Bonchev–Trinajstić information content (AvgIpc) is 2.96. The lowest BCUT2D eigenvalue weighted by atomic mass is 9.73. The molecule has 0 radical (unpaired) electrons. The number of alkyl halides is 3. The predicted molar refractivity (Wildman–Crippen MR) is 146 cm³/mol. The predicted octanol–water partition coefficient (Wildman–Crippen LogP) is 5.64.